The molecule has 0 radical (unpaired) electrons. The number of nitrogens with one attached hydrogen (secondary N) is 1. The van der Waals surface area contributed by atoms with E-state index in [1.165, 1.54) is 0 Å². The Bertz CT molecular complexity index is 1180. The van der Waals surface area contributed by atoms with E-state index in [0.29, 0.717) is 28.0 Å². The van der Waals surface area contributed by atoms with Gasteiger partial charge in [-0.25, -0.2) is 9.78 Å². The summed E-state index contributed by atoms with van der Waals surface area (Å²) in [7, 11) is 0. The molecule has 0 saturated heterocycles. The molecule has 4 rings (SSSR count). The quantitative estimate of drug-likeness (QED) is 0.443. The first kappa shape index (κ1) is 16.7. The Morgan fingerprint density at radius 2 is 1.63 bits per heavy atom. The van der Waals surface area contributed by atoms with Gasteiger partial charge in [-0.1, -0.05) is 29.8 Å². The normalized spacial score (nSPS) is 10.7. The van der Waals surface area contributed by atoms with Crippen LogP contribution in [0.15, 0.2) is 77.6 Å². The van der Waals surface area contributed by atoms with Crippen molar-refractivity contribution in [2.45, 2.75) is 6.92 Å². The molecular formula is C22H16N2O3. The van der Waals surface area contributed by atoms with Crippen LogP contribution in [0, 0.1) is 6.92 Å². The van der Waals surface area contributed by atoms with E-state index in [0.717, 1.165) is 11.1 Å². The number of aryl methyl sites for hydroxylation is 1. The molecule has 0 unspecified atom stereocenters. The number of para-hydroxylation sites is 1. The highest BCUT2D eigenvalue weighted by Gasteiger charge is 2.09. The number of hydrogen-bond donors (Lipinski definition) is 1. The third-order valence-electron chi connectivity index (χ3n) is 4.24. The zero-order chi connectivity index (χ0) is 18.8. The second-order valence-electron chi connectivity index (χ2n) is 6.21. The zero-order valence-electron chi connectivity index (χ0n) is 14.6. The molecule has 0 aliphatic rings. The van der Waals surface area contributed by atoms with Crippen molar-refractivity contribution in [2.24, 2.45) is 0 Å². The van der Waals surface area contributed by atoms with Crippen LogP contribution in [0.5, 0.6) is 5.75 Å². The maximum absolute atomic E-state index is 12.2. The lowest BCUT2D eigenvalue weighted by molar-refractivity contribution is 0.0735. The number of aromatic nitrogens is 2. The number of nitrogens with zero attached hydrogens (tertiary/aromatic N) is 1. The summed E-state index contributed by atoms with van der Waals surface area (Å²) in [6, 6.07) is 21.2. The molecule has 0 atom stereocenters. The zero-order valence-corrected chi connectivity index (χ0v) is 14.6. The second kappa shape index (κ2) is 6.88. The fourth-order valence-corrected chi connectivity index (χ4v) is 2.76. The predicted molar refractivity (Wildman–Crippen MR) is 104 cm³/mol. The Balaban J connectivity index is 1.58. The lowest BCUT2D eigenvalue weighted by Gasteiger charge is -2.07. The third-order valence-corrected chi connectivity index (χ3v) is 4.24. The smallest absolute Gasteiger partial charge is 0.343 e. The molecule has 1 N–H and O–H groups in total. The molecule has 0 amide bonds. The van der Waals surface area contributed by atoms with E-state index in [1.54, 1.807) is 54.6 Å². The summed E-state index contributed by atoms with van der Waals surface area (Å²) >= 11 is 0. The standard InChI is InChI=1S/C22H16N2O3/c1-14-6-8-16(9-7-14)22(26)27-17-12-10-15(11-13-17)20-23-19-5-3-2-4-18(19)21(25)24-20/h2-13H,1H3,(H,23,24,25). The van der Waals surface area contributed by atoms with Crippen LogP contribution in [-0.4, -0.2) is 15.9 Å². The second-order valence-corrected chi connectivity index (χ2v) is 6.21. The van der Waals surface area contributed by atoms with Gasteiger partial charge in [-0.05, 0) is 55.5 Å². The molecule has 5 heteroatoms. The van der Waals surface area contributed by atoms with Crippen LogP contribution in [0.2, 0.25) is 0 Å². The number of fused-ring (bicyclic) bond motifs is 1. The van der Waals surface area contributed by atoms with Crippen molar-refractivity contribution in [3.05, 3.63) is 94.3 Å². The molecule has 1 heterocycles. The largest absolute Gasteiger partial charge is 0.423 e. The molecule has 0 aliphatic heterocycles. The van der Waals surface area contributed by atoms with Crippen LogP contribution >= 0.6 is 0 Å². The number of ether oxygens (including phenoxy) is 1. The summed E-state index contributed by atoms with van der Waals surface area (Å²) in [6.45, 7) is 1.96. The van der Waals surface area contributed by atoms with Crippen molar-refractivity contribution in [1.29, 1.82) is 0 Å². The van der Waals surface area contributed by atoms with E-state index in [2.05, 4.69) is 9.97 Å². The van der Waals surface area contributed by atoms with Crippen molar-refractivity contribution in [3.8, 4) is 17.1 Å². The molecular weight excluding hydrogens is 340 g/mol. The average Bonchev–Trinajstić information content (AvgIpc) is 2.69. The minimum atomic E-state index is -0.417. The van der Waals surface area contributed by atoms with Crippen LogP contribution in [0.25, 0.3) is 22.3 Å². The molecule has 0 saturated carbocycles. The number of carbonyl (C=O) groups excluding carboxylic acids is 1. The van der Waals surface area contributed by atoms with E-state index in [1.807, 2.05) is 25.1 Å². The average molecular weight is 356 g/mol. The van der Waals surface area contributed by atoms with Gasteiger partial charge in [-0.15, -0.1) is 0 Å². The van der Waals surface area contributed by atoms with Gasteiger partial charge in [0.1, 0.15) is 11.6 Å². The fraction of sp³-hybridized carbons (Fsp3) is 0.0455. The Morgan fingerprint density at radius 3 is 2.37 bits per heavy atom. The number of benzene rings is 3. The van der Waals surface area contributed by atoms with Gasteiger partial charge in [0.15, 0.2) is 0 Å². The van der Waals surface area contributed by atoms with Gasteiger partial charge in [-0.3, -0.25) is 4.79 Å². The summed E-state index contributed by atoms with van der Waals surface area (Å²) in [6.07, 6.45) is 0. The number of hydrogen-bond acceptors (Lipinski definition) is 4. The predicted octanol–water partition coefficient (Wildman–Crippen LogP) is 4.12. The van der Waals surface area contributed by atoms with E-state index < -0.39 is 5.97 Å². The molecule has 5 nitrogen and oxygen atoms in total. The number of H-pyrrole nitrogens is 1. The topological polar surface area (TPSA) is 72.0 Å². The highest BCUT2D eigenvalue weighted by molar-refractivity contribution is 5.91. The van der Waals surface area contributed by atoms with E-state index in [9.17, 15) is 9.59 Å². The van der Waals surface area contributed by atoms with Gasteiger partial charge in [0.05, 0.1) is 16.5 Å². The van der Waals surface area contributed by atoms with Gasteiger partial charge in [0.2, 0.25) is 0 Å². The number of esters is 1. The first-order valence-electron chi connectivity index (χ1n) is 8.48. The SMILES string of the molecule is Cc1ccc(C(=O)Oc2ccc(-c3nc4ccccc4c(=O)[nH]3)cc2)cc1. The lowest BCUT2D eigenvalue weighted by atomic mass is 10.1. The van der Waals surface area contributed by atoms with Crippen LogP contribution in [0.4, 0.5) is 0 Å². The minimum absolute atomic E-state index is 0.189. The maximum Gasteiger partial charge on any atom is 0.343 e. The van der Waals surface area contributed by atoms with Gasteiger partial charge >= 0.3 is 5.97 Å². The summed E-state index contributed by atoms with van der Waals surface area (Å²) < 4.78 is 5.39. The van der Waals surface area contributed by atoms with Crippen molar-refractivity contribution in [1.82, 2.24) is 9.97 Å². The summed E-state index contributed by atoms with van der Waals surface area (Å²) in [5, 5.41) is 0.546. The maximum atomic E-state index is 12.2. The van der Waals surface area contributed by atoms with E-state index in [-0.39, 0.29) is 5.56 Å². The van der Waals surface area contributed by atoms with Gasteiger partial charge in [0, 0.05) is 5.56 Å². The molecule has 0 spiro atoms. The number of carbonyl (C=O) groups is 1. The highest BCUT2D eigenvalue weighted by Crippen LogP contribution is 2.21. The first-order valence-corrected chi connectivity index (χ1v) is 8.48. The van der Waals surface area contributed by atoms with Crippen LogP contribution in [-0.2, 0) is 0 Å². The summed E-state index contributed by atoms with van der Waals surface area (Å²) in [5.74, 6) is 0.475. The molecule has 0 bridgehead atoms. The Kier molecular flexibility index (Phi) is 4.26. The monoisotopic (exact) mass is 356 g/mol. The Morgan fingerprint density at radius 1 is 0.926 bits per heavy atom. The Hall–Kier alpha value is -3.73. The summed E-state index contributed by atoms with van der Waals surface area (Å²) in [5.41, 5.74) is 2.74. The molecule has 27 heavy (non-hydrogen) atoms. The summed E-state index contributed by atoms with van der Waals surface area (Å²) in [4.78, 5) is 31.7. The molecule has 0 fully saturated rings. The molecule has 132 valence electrons. The van der Waals surface area contributed by atoms with Gasteiger partial charge in [0.25, 0.3) is 5.56 Å². The third kappa shape index (κ3) is 3.48. The molecule has 0 aliphatic carbocycles. The molecule has 1 aromatic heterocycles. The Labute approximate surface area is 155 Å². The highest BCUT2D eigenvalue weighted by atomic mass is 16.5. The lowest BCUT2D eigenvalue weighted by Crippen LogP contribution is -2.09. The van der Waals surface area contributed by atoms with Crippen molar-refractivity contribution in [3.63, 3.8) is 0 Å². The van der Waals surface area contributed by atoms with Crippen molar-refractivity contribution in [2.75, 3.05) is 0 Å². The van der Waals surface area contributed by atoms with Crippen molar-refractivity contribution < 1.29 is 9.53 Å². The van der Waals surface area contributed by atoms with Crippen LogP contribution in [0.3, 0.4) is 0 Å². The van der Waals surface area contributed by atoms with Gasteiger partial charge < -0.3 is 9.72 Å². The molecule has 3 aromatic carbocycles. The molecule has 4 aromatic rings. The van der Waals surface area contributed by atoms with Gasteiger partial charge in [-0.2, -0.15) is 0 Å². The fourth-order valence-electron chi connectivity index (χ4n) is 2.76. The first-order chi connectivity index (χ1) is 13.1. The van der Waals surface area contributed by atoms with E-state index >= 15 is 0 Å². The van der Waals surface area contributed by atoms with Crippen LogP contribution in [0.1, 0.15) is 15.9 Å². The number of rotatable bonds is 3. The van der Waals surface area contributed by atoms with E-state index in [4.69, 9.17) is 4.74 Å². The van der Waals surface area contributed by atoms with Crippen molar-refractivity contribution >= 4 is 16.9 Å². The minimum Gasteiger partial charge on any atom is -0.423 e. The number of aromatic amines is 1. The van der Waals surface area contributed by atoms with Crippen LogP contribution < -0.4 is 10.3 Å².